The van der Waals surface area contributed by atoms with Gasteiger partial charge in [-0.05, 0) is 81.7 Å². The minimum absolute atomic E-state index is 0.0610. The fourth-order valence-electron chi connectivity index (χ4n) is 7.34. The van der Waals surface area contributed by atoms with Gasteiger partial charge < -0.3 is 9.32 Å². The molecule has 3 nitrogen and oxygen atoms in total. The predicted molar refractivity (Wildman–Crippen MR) is 195 cm³/mol. The third kappa shape index (κ3) is 4.39. The number of hydrogen-bond acceptors (Lipinski definition) is 3. The lowest BCUT2D eigenvalue weighted by Crippen LogP contribution is -2.15. The van der Waals surface area contributed by atoms with Gasteiger partial charge >= 0.3 is 0 Å². The second kappa shape index (κ2) is 10.6. The Morgan fingerprint density at radius 1 is 0.532 bits per heavy atom. The van der Waals surface area contributed by atoms with Crippen LogP contribution in [0.5, 0.6) is 0 Å². The average molecular weight is 605 g/mol. The van der Waals surface area contributed by atoms with E-state index in [1.165, 1.54) is 33.4 Å². The molecule has 0 fully saturated rings. The second-order valence-electron chi connectivity index (χ2n) is 12.8. The van der Waals surface area contributed by atoms with Crippen LogP contribution in [0.2, 0.25) is 0 Å². The quantitative estimate of drug-likeness (QED) is 0.196. The number of para-hydroxylation sites is 1. The molecule has 1 aliphatic rings. The first-order valence-corrected chi connectivity index (χ1v) is 16.1. The minimum Gasteiger partial charge on any atom is -0.435 e. The highest BCUT2D eigenvalue weighted by Crippen LogP contribution is 2.51. The zero-order valence-electron chi connectivity index (χ0n) is 26.3. The second-order valence-corrected chi connectivity index (χ2v) is 12.8. The van der Waals surface area contributed by atoms with Gasteiger partial charge in [0.25, 0.3) is 0 Å². The summed E-state index contributed by atoms with van der Waals surface area (Å²) in [4.78, 5) is 7.26. The van der Waals surface area contributed by atoms with Gasteiger partial charge in [-0.25, -0.2) is 4.98 Å². The van der Waals surface area contributed by atoms with E-state index in [4.69, 9.17) is 9.40 Å². The molecule has 9 rings (SSSR count). The molecule has 0 N–H and O–H groups in total. The number of nitrogens with zero attached hydrogens (tertiary/aromatic N) is 2. The van der Waals surface area contributed by atoms with Gasteiger partial charge in [-0.15, -0.1) is 0 Å². The Bertz CT molecular complexity index is 2440. The fourth-order valence-corrected chi connectivity index (χ4v) is 7.34. The van der Waals surface area contributed by atoms with Gasteiger partial charge in [-0.3, -0.25) is 0 Å². The van der Waals surface area contributed by atoms with Crippen molar-refractivity contribution in [2.24, 2.45) is 0 Å². The summed E-state index contributed by atoms with van der Waals surface area (Å²) in [5.41, 5.74) is 13.5. The highest BCUT2D eigenvalue weighted by atomic mass is 16.3. The molecule has 0 saturated carbocycles. The molecule has 0 radical (unpaired) electrons. The highest BCUT2D eigenvalue weighted by Gasteiger charge is 2.35. The van der Waals surface area contributed by atoms with Crippen LogP contribution in [0.4, 0.5) is 17.1 Å². The molecule has 0 atom stereocenters. The Balaban J connectivity index is 1.28. The van der Waals surface area contributed by atoms with Crippen LogP contribution in [0.25, 0.3) is 55.6 Å². The van der Waals surface area contributed by atoms with E-state index in [2.05, 4.69) is 146 Å². The minimum atomic E-state index is -0.0610. The van der Waals surface area contributed by atoms with Crippen molar-refractivity contribution in [2.75, 3.05) is 4.90 Å². The standard InChI is InChI=1S/C44H32N2O/c1-44(2)38-19-11-9-18-35(38)37-28-33(24-25-39(37)44)46(41-20-12-10-17-34(41)29-13-5-3-6-14-29)32-23-21-30-22-26-40-42(36(30)27-32)47-43(45-40)31-15-7-4-8-16-31/h3-28H,1-2H3. The van der Waals surface area contributed by atoms with Crippen LogP contribution in [-0.2, 0) is 5.41 Å². The Kier molecular flexibility index (Phi) is 6.16. The topological polar surface area (TPSA) is 29.3 Å². The maximum atomic E-state index is 6.50. The lowest BCUT2D eigenvalue weighted by atomic mass is 9.82. The van der Waals surface area contributed by atoms with Crippen LogP contribution in [0.1, 0.15) is 25.0 Å². The van der Waals surface area contributed by atoms with Gasteiger partial charge in [-0.2, -0.15) is 0 Å². The number of aromatic nitrogens is 1. The Morgan fingerprint density at radius 3 is 1.96 bits per heavy atom. The number of fused-ring (bicyclic) bond motifs is 6. The number of benzene rings is 7. The van der Waals surface area contributed by atoms with Crippen molar-refractivity contribution in [2.45, 2.75) is 19.3 Å². The van der Waals surface area contributed by atoms with Gasteiger partial charge in [0.15, 0.2) is 5.58 Å². The van der Waals surface area contributed by atoms with E-state index in [0.717, 1.165) is 44.5 Å². The average Bonchev–Trinajstić information content (AvgIpc) is 3.67. The molecular formula is C44H32N2O. The van der Waals surface area contributed by atoms with E-state index < -0.39 is 0 Å². The molecule has 0 bridgehead atoms. The Labute approximate surface area is 274 Å². The largest absolute Gasteiger partial charge is 0.435 e. The monoisotopic (exact) mass is 604 g/mol. The van der Waals surface area contributed by atoms with Crippen molar-refractivity contribution in [3.8, 4) is 33.7 Å². The van der Waals surface area contributed by atoms with Crippen LogP contribution >= 0.6 is 0 Å². The van der Waals surface area contributed by atoms with Gasteiger partial charge in [0.1, 0.15) is 5.52 Å². The zero-order chi connectivity index (χ0) is 31.5. The first-order valence-electron chi connectivity index (χ1n) is 16.1. The van der Waals surface area contributed by atoms with Gasteiger partial charge in [0.05, 0.1) is 5.69 Å². The maximum absolute atomic E-state index is 6.50. The third-order valence-electron chi connectivity index (χ3n) is 9.69. The Morgan fingerprint density at radius 2 is 1.15 bits per heavy atom. The molecular weight excluding hydrogens is 572 g/mol. The molecule has 0 spiro atoms. The van der Waals surface area contributed by atoms with Crippen molar-refractivity contribution >= 4 is 38.9 Å². The van der Waals surface area contributed by atoms with Crippen LogP contribution in [0.15, 0.2) is 162 Å². The molecule has 3 heteroatoms. The number of hydrogen-bond donors (Lipinski definition) is 0. The summed E-state index contributed by atoms with van der Waals surface area (Å²) in [7, 11) is 0. The third-order valence-corrected chi connectivity index (χ3v) is 9.69. The van der Waals surface area contributed by atoms with Gasteiger partial charge in [-0.1, -0.05) is 123 Å². The summed E-state index contributed by atoms with van der Waals surface area (Å²) in [6.07, 6.45) is 0. The summed E-state index contributed by atoms with van der Waals surface area (Å²) in [5.74, 6) is 0.629. The van der Waals surface area contributed by atoms with Crippen molar-refractivity contribution in [3.63, 3.8) is 0 Å². The van der Waals surface area contributed by atoms with E-state index in [9.17, 15) is 0 Å². The number of oxazole rings is 1. The molecule has 1 heterocycles. The molecule has 47 heavy (non-hydrogen) atoms. The zero-order valence-corrected chi connectivity index (χ0v) is 26.3. The van der Waals surface area contributed by atoms with Crippen LogP contribution < -0.4 is 4.90 Å². The fraction of sp³-hybridized carbons (Fsp3) is 0.0682. The molecule has 224 valence electrons. The first kappa shape index (κ1) is 27.4. The molecule has 1 aliphatic carbocycles. The summed E-state index contributed by atoms with van der Waals surface area (Å²) in [5, 5.41) is 2.14. The van der Waals surface area contributed by atoms with Crippen LogP contribution in [-0.4, -0.2) is 4.98 Å². The van der Waals surface area contributed by atoms with E-state index in [0.29, 0.717) is 5.89 Å². The smallest absolute Gasteiger partial charge is 0.227 e. The SMILES string of the molecule is CC1(C)c2ccccc2-c2cc(N(c3ccc4ccc5nc(-c6ccccc6)oc5c4c3)c3ccccc3-c3ccccc3)ccc21. The van der Waals surface area contributed by atoms with Crippen molar-refractivity contribution in [1.82, 2.24) is 4.98 Å². The summed E-state index contributed by atoms with van der Waals surface area (Å²) < 4.78 is 6.50. The van der Waals surface area contributed by atoms with Crippen molar-refractivity contribution in [3.05, 3.63) is 169 Å². The summed E-state index contributed by atoms with van der Waals surface area (Å²) in [6, 6.07) is 56.1. The van der Waals surface area contributed by atoms with E-state index in [1.807, 2.05) is 30.3 Å². The van der Waals surface area contributed by atoms with Gasteiger partial charge in [0, 0.05) is 33.3 Å². The molecule has 0 unspecified atom stereocenters. The molecule has 0 saturated heterocycles. The lowest BCUT2D eigenvalue weighted by Gasteiger charge is -2.29. The van der Waals surface area contributed by atoms with E-state index in [1.54, 1.807) is 0 Å². The normalized spacial score (nSPS) is 13.1. The summed E-state index contributed by atoms with van der Waals surface area (Å²) in [6.45, 7) is 4.66. The molecule has 0 amide bonds. The molecule has 7 aromatic carbocycles. The lowest BCUT2D eigenvalue weighted by molar-refractivity contribution is 0.623. The van der Waals surface area contributed by atoms with Crippen molar-refractivity contribution in [1.29, 1.82) is 0 Å². The first-order chi connectivity index (χ1) is 23.1. The number of rotatable bonds is 5. The molecule has 1 aromatic heterocycles. The van der Waals surface area contributed by atoms with Crippen LogP contribution in [0.3, 0.4) is 0 Å². The highest BCUT2D eigenvalue weighted by molar-refractivity contribution is 6.06. The van der Waals surface area contributed by atoms with E-state index >= 15 is 0 Å². The maximum Gasteiger partial charge on any atom is 0.227 e. The Hall–Kier alpha value is -5.93. The van der Waals surface area contributed by atoms with Crippen molar-refractivity contribution < 1.29 is 4.42 Å². The number of anilines is 3. The van der Waals surface area contributed by atoms with E-state index in [-0.39, 0.29) is 5.41 Å². The van der Waals surface area contributed by atoms with Crippen LogP contribution in [0, 0.1) is 0 Å². The molecule has 0 aliphatic heterocycles. The predicted octanol–water partition coefficient (Wildman–Crippen LogP) is 12.1. The summed E-state index contributed by atoms with van der Waals surface area (Å²) >= 11 is 0. The van der Waals surface area contributed by atoms with Gasteiger partial charge in [0.2, 0.25) is 5.89 Å². The molecule has 8 aromatic rings.